The van der Waals surface area contributed by atoms with Gasteiger partial charge in [0, 0.05) is 23.2 Å². The molecule has 0 aliphatic heterocycles. The van der Waals surface area contributed by atoms with Gasteiger partial charge in [-0.1, -0.05) is 18.2 Å². The minimum Gasteiger partial charge on any atom is -0.338 e. The van der Waals surface area contributed by atoms with Crippen molar-refractivity contribution >= 4 is 33.7 Å². The summed E-state index contributed by atoms with van der Waals surface area (Å²) >= 11 is 3.05. The van der Waals surface area contributed by atoms with Gasteiger partial charge in [-0.3, -0.25) is 0 Å². The number of thiazole rings is 1. The molecule has 0 atom stereocenters. The van der Waals surface area contributed by atoms with Crippen LogP contribution in [-0.2, 0) is 13.0 Å². The third kappa shape index (κ3) is 3.99. The van der Waals surface area contributed by atoms with Crippen LogP contribution in [-0.4, -0.2) is 27.2 Å². The van der Waals surface area contributed by atoms with E-state index in [9.17, 15) is 9.18 Å². The second-order valence-electron chi connectivity index (χ2n) is 5.78. The number of carbonyl (C=O) groups excluding carboxylic acids is 1. The second kappa shape index (κ2) is 7.85. The molecule has 0 radical (unpaired) electrons. The summed E-state index contributed by atoms with van der Waals surface area (Å²) in [4.78, 5) is 18.1. The molecule has 1 aromatic carbocycles. The molecule has 2 amide bonds. The number of nitrogens with one attached hydrogen (secondary N) is 2. The fourth-order valence-electron chi connectivity index (χ4n) is 2.60. The summed E-state index contributed by atoms with van der Waals surface area (Å²) in [5, 5.41) is 14.0. The molecule has 4 rings (SSSR count). The Morgan fingerprint density at radius 3 is 2.85 bits per heavy atom. The van der Waals surface area contributed by atoms with Crippen molar-refractivity contribution in [3.63, 3.8) is 0 Å². The predicted molar refractivity (Wildman–Crippen MR) is 105 cm³/mol. The van der Waals surface area contributed by atoms with E-state index in [1.165, 1.54) is 17.4 Å². The minimum absolute atomic E-state index is 0.208. The van der Waals surface area contributed by atoms with Crippen LogP contribution in [0.15, 0.2) is 47.2 Å². The van der Waals surface area contributed by atoms with Gasteiger partial charge in [0.1, 0.15) is 5.82 Å². The number of amides is 2. The van der Waals surface area contributed by atoms with Gasteiger partial charge >= 0.3 is 6.03 Å². The Bertz CT molecular complexity index is 1060. The summed E-state index contributed by atoms with van der Waals surface area (Å²) in [6.07, 6.45) is 0.604. The maximum absolute atomic E-state index is 13.9. The molecular weight excluding hydrogens is 385 g/mol. The largest absolute Gasteiger partial charge is 0.338 e. The fraction of sp³-hybridized carbons (Fsp3) is 0.167. The van der Waals surface area contributed by atoms with Crippen molar-refractivity contribution in [2.45, 2.75) is 13.0 Å². The molecule has 4 aromatic rings. The molecule has 3 aromatic heterocycles. The molecule has 3 heterocycles. The number of urea groups is 1. The highest BCUT2D eigenvalue weighted by Crippen LogP contribution is 2.23. The van der Waals surface area contributed by atoms with Crippen LogP contribution in [0, 0.1) is 5.82 Å². The highest BCUT2D eigenvalue weighted by atomic mass is 32.1. The number of benzene rings is 1. The van der Waals surface area contributed by atoms with Crippen LogP contribution in [0.5, 0.6) is 0 Å². The summed E-state index contributed by atoms with van der Waals surface area (Å²) in [5.41, 5.74) is 1.30. The SMILES string of the molecule is O=C(NCCc1csc2nc(-c3ccccc3F)nn12)NCc1cccs1. The molecule has 27 heavy (non-hydrogen) atoms. The quantitative estimate of drug-likeness (QED) is 0.518. The summed E-state index contributed by atoms with van der Waals surface area (Å²) in [7, 11) is 0. The Labute approximate surface area is 162 Å². The van der Waals surface area contributed by atoms with Gasteiger partial charge in [-0.25, -0.2) is 13.7 Å². The van der Waals surface area contributed by atoms with Gasteiger partial charge in [0.15, 0.2) is 5.82 Å². The van der Waals surface area contributed by atoms with Crippen LogP contribution in [0.1, 0.15) is 10.6 Å². The van der Waals surface area contributed by atoms with E-state index in [0.29, 0.717) is 35.9 Å². The number of hydrogen-bond acceptors (Lipinski definition) is 5. The lowest BCUT2D eigenvalue weighted by molar-refractivity contribution is 0.240. The average molecular weight is 401 g/mol. The molecule has 0 saturated heterocycles. The number of halogens is 1. The first-order valence-corrected chi connectivity index (χ1v) is 10.1. The number of nitrogens with zero attached hydrogens (tertiary/aromatic N) is 3. The van der Waals surface area contributed by atoms with Crippen LogP contribution in [0.4, 0.5) is 9.18 Å². The van der Waals surface area contributed by atoms with Crippen molar-refractivity contribution in [2.24, 2.45) is 0 Å². The zero-order chi connectivity index (χ0) is 18.6. The van der Waals surface area contributed by atoms with Gasteiger partial charge in [0.2, 0.25) is 4.96 Å². The van der Waals surface area contributed by atoms with Crippen molar-refractivity contribution in [1.29, 1.82) is 0 Å². The predicted octanol–water partition coefficient (Wildman–Crippen LogP) is 3.70. The van der Waals surface area contributed by atoms with E-state index >= 15 is 0 Å². The number of hydrogen-bond donors (Lipinski definition) is 2. The Kier molecular flexibility index (Phi) is 5.12. The normalized spacial score (nSPS) is 11.0. The maximum Gasteiger partial charge on any atom is 0.315 e. The van der Waals surface area contributed by atoms with E-state index in [1.807, 2.05) is 22.9 Å². The van der Waals surface area contributed by atoms with E-state index in [4.69, 9.17) is 0 Å². The van der Waals surface area contributed by atoms with Gasteiger partial charge in [-0.2, -0.15) is 4.98 Å². The van der Waals surface area contributed by atoms with Crippen LogP contribution >= 0.6 is 22.7 Å². The monoisotopic (exact) mass is 401 g/mol. The van der Waals surface area contributed by atoms with Crippen molar-refractivity contribution in [3.8, 4) is 11.4 Å². The topological polar surface area (TPSA) is 71.3 Å². The summed E-state index contributed by atoms with van der Waals surface area (Å²) < 4.78 is 15.6. The molecular formula is C18H16FN5OS2. The van der Waals surface area contributed by atoms with E-state index in [2.05, 4.69) is 20.7 Å². The molecule has 0 unspecified atom stereocenters. The molecule has 2 N–H and O–H groups in total. The molecule has 0 spiro atoms. The number of thiophene rings is 1. The first-order valence-electron chi connectivity index (χ1n) is 8.33. The van der Waals surface area contributed by atoms with Crippen LogP contribution in [0.3, 0.4) is 0 Å². The van der Waals surface area contributed by atoms with Crippen molar-refractivity contribution < 1.29 is 9.18 Å². The van der Waals surface area contributed by atoms with Crippen LogP contribution in [0.25, 0.3) is 16.3 Å². The molecule has 6 nitrogen and oxygen atoms in total. The number of aromatic nitrogens is 3. The highest BCUT2D eigenvalue weighted by molar-refractivity contribution is 7.15. The van der Waals surface area contributed by atoms with Gasteiger partial charge < -0.3 is 10.6 Å². The molecule has 0 bridgehead atoms. The van der Waals surface area contributed by atoms with Gasteiger partial charge in [0.25, 0.3) is 0 Å². The number of fused-ring (bicyclic) bond motifs is 1. The third-order valence-electron chi connectivity index (χ3n) is 3.93. The lowest BCUT2D eigenvalue weighted by Crippen LogP contribution is -2.36. The first-order chi connectivity index (χ1) is 13.2. The van der Waals surface area contributed by atoms with E-state index in [0.717, 1.165) is 10.6 Å². The van der Waals surface area contributed by atoms with Crippen LogP contribution in [0.2, 0.25) is 0 Å². The van der Waals surface area contributed by atoms with Crippen molar-refractivity contribution in [3.05, 3.63) is 63.5 Å². The Hall–Kier alpha value is -2.78. The summed E-state index contributed by atoms with van der Waals surface area (Å²) in [6.45, 7) is 0.984. The van der Waals surface area contributed by atoms with E-state index < -0.39 is 0 Å². The maximum atomic E-state index is 13.9. The average Bonchev–Trinajstić information content (AvgIpc) is 3.39. The fourth-order valence-corrected chi connectivity index (χ4v) is 4.10. The summed E-state index contributed by atoms with van der Waals surface area (Å²) in [5.74, 6) is 0.0178. The van der Waals surface area contributed by atoms with Gasteiger partial charge in [-0.15, -0.1) is 27.8 Å². The Balaban J connectivity index is 1.36. The molecule has 0 fully saturated rings. The first kappa shape index (κ1) is 17.6. The summed E-state index contributed by atoms with van der Waals surface area (Å²) in [6, 6.07) is 10.2. The molecule has 0 aliphatic rings. The lowest BCUT2D eigenvalue weighted by atomic mass is 10.2. The number of carbonyl (C=O) groups is 1. The lowest BCUT2D eigenvalue weighted by Gasteiger charge is -2.06. The minimum atomic E-state index is -0.346. The third-order valence-corrected chi connectivity index (χ3v) is 5.68. The molecule has 0 aliphatic carbocycles. The Morgan fingerprint density at radius 2 is 2.04 bits per heavy atom. The zero-order valence-electron chi connectivity index (χ0n) is 14.2. The number of rotatable bonds is 6. The molecule has 0 saturated carbocycles. The van der Waals surface area contributed by atoms with Crippen molar-refractivity contribution in [1.82, 2.24) is 25.2 Å². The highest BCUT2D eigenvalue weighted by Gasteiger charge is 2.14. The molecule has 138 valence electrons. The second-order valence-corrected chi connectivity index (χ2v) is 7.64. The van der Waals surface area contributed by atoms with Crippen molar-refractivity contribution in [2.75, 3.05) is 6.54 Å². The standard InChI is InChI=1S/C18H16FN5OS2/c19-15-6-2-1-5-14(15)16-22-18-24(23-16)12(11-27-18)7-8-20-17(25)21-10-13-4-3-9-26-13/h1-6,9,11H,7-8,10H2,(H2,20,21,25). The zero-order valence-corrected chi connectivity index (χ0v) is 15.8. The van der Waals surface area contributed by atoms with Crippen LogP contribution < -0.4 is 10.6 Å². The van der Waals surface area contributed by atoms with Gasteiger partial charge in [-0.05, 0) is 23.6 Å². The smallest absolute Gasteiger partial charge is 0.315 e. The molecule has 9 heteroatoms. The van der Waals surface area contributed by atoms with E-state index in [-0.39, 0.29) is 11.8 Å². The Morgan fingerprint density at radius 1 is 1.15 bits per heavy atom. The van der Waals surface area contributed by atoms with E-state index in [1.54, 1.807) is 34.1 Å². The van der Waals surface area contributed by atoms with Gasteiger partial charge in [0.05, 0.1) is 17.8 Å².